The van der Waals surface area contributed by atoms with Gasteiger partial charge in [0.1, 0.15) is 0 Å². The molecular formula is C8H11NO4. The Balaban J connectivity index is 2.59. The molecule has 0 aromatic heterocycles. The Morgan fingerprint density at radius 2 is 2.23 bits per heavy atom. The maximum Gasteiger partial charge on any atom is 0.331 e. The Morgan fingerprint density at radius 3 is 2.62 bits per heavy atom. The van der Waals surface area contributed by atoms with Crippen LogP contribution in [0.5, 0.6) is 0 Å². The molecule has 0 heterocycles. The minimum absolute atomic E-state index is 0.145. The standard InChI is InChI=1S/C8H11NO4/c1-4(10)9-6-2-5(8(12)13)3-7(6)11/h3,6-7,11H,2H2,1H3,(H,9,10)(H,12,13)/t6-,7+/m1/s1. The zero-order valence-electron chi connectivity index (χ0n) is 7.15. The third-order valence-corrected chi connectivity index (χ3v) is 1.89. The van der Waals surface area contributed by atoms with Crippen molar-refractivity contribution in [1.29, 1.82) is 0 Å². The third-order valence-electron chi connectivity index (χ3n) is 1.89. The summed E-state index contributed by atoms with van der Waals surface area (Å²) in [5.74, 6) is -1.32. The first kappa shape index (κ1) is 9.73. The van der Waals surface area contributed by atoms with Crippen LogP contribution in [0.4, 0.5) is 0 Å². The van der Waals surface area contributed by atoms with Crippen LogP contribution in [0.2, 0.25) is 0 Å². The van der Waals surface area contributed by atoms with E-state index in [9.17, 15) is 14.7 Å². The van der Waals surface area contributed by atoms with Crippen molar-refractivity contribution >= 4 is 11.9 Å². The molecule has 0 aromatic carbocycles. The van der Waals surface area contributed by atoms with E-state index in [2.05, 4.69) is 5.32 Å². The van der Waals surface area contributed by atoms with Crippen LogP contribution in [-0.2, 0) is 9.59 Å². The molecular weight excluding hydrogens is 174 g/mol. The molecule has 1 amide bonds. The van der Waals surface area contributed by atoms with Crippen molar-refractivity contribution in [2.24, 2.45) is 0 Å². The van der Waals surface area contributed by atoms with Gasteiger partial charge < -0.3 is 15.5 Å². The number of carboxylic acid groups (broad SMARTS) is 1. The van der Waals surface area contributed by atoms with Gasteiger partial charge in [-0.15, -0.1) is 0 Å². The Kier molecular flexibility index (Phi) is 2.67. The Bertz CT molecular complexity index is 271. The van der Waals surface area contributed by atoms with E-state index >= 15 is 0 Å². The molecule has 13 heavy (non-hydrogen) atoms. The second-order valence-electron chi connectivity index (χ2n) is 3.00. The van der Waals surface area contributed by atoms with Crippen molar-refractivity contribution < 1.29 is 19.8 Å². The topological polar surface area (TPSA) is 86.6 Å². The minimum Gasteiger partial charge on any atom is -0.478 e. The first-order chi connectivity index (χ1) is 6.00. The van der Waals surface area contributed by atoms with Crippen LogP contribution >= 0.6 is 0 Å². The van der Waals surface area contributed by atoms with E-state index in [4.69, 9.17) is 5.11 Å². The fourth-order valence-electron chi connectivity index (χ4n) is 1.30. The number of rotatable bonds is 2. The Hall–Kier alpha value is -1.36. The molecule has 0 aromatic rings. The molecule has 0 saturated carbocycles. The lowest BCUT2D eigenvalue weighted by Gasteiger charge is -2.14. The van der Waals surface area contributed by atoms with Crippen molar-refractivity contribution in [2.45, 2.75) is 25.5 Å². The van der Waals surface area contributed by atoms with Crippen LogP contribution in [0.1, 0.15) is 13.3 Å². The number of carbonyl (C=O) groups excluding carboxylic acids is 1. The predicted octanol–water partition coefficient (Wildman–Crippen LogP) is -0.733. The average Bonchev–Trinajstić information content (AvgIpc) is 2.31. The summed E-state index contributed by atoms with van der Waals surface area (Å²) in [6.45, 7) is 1.32. The highest BCUT2D eigenvalue weighted by Crippen LogP contribution is 2.19. The molecule has 5 heteroatoms. The number of nitrogens with one attached hydrogen (secondary N) is 1. The van der Waals surface area contributed by atoms with Crippen molar-refractivity contribution in [3.8, 4) is 0 Å². The largest absolute Gasteiger partial charge is 0.478 e. The number of aliphatic hydroxyl groups is 1. The van der Waals surface area contributed by atoms with E-state index in [1.54, 1.807) is 0 Å². The predicted molar refractivity (Wildman–Crippen MR) is 43.9 cm³/mol. The fraction of sp³-hybridized carbons (Fsp3) is 0.500. The molecule has 1 aliphatic carbocycles. The average molecular weight is 185 g/mol. The van der Waals surface area contributed by atoms with Crippen LogP contribution in [0.15, 0.2) is 11.6 Å². The van der Waals surface area contributed by atoms with Gasteiger partial charge in [-0.3, -0.25) is 4.79 Å². The number of aliphatic hydroxyl groups excluding tert-OH is 1. The quantitative estimate of drug-likeness (QED) is 0.529. The molecule has 1 aliphatic rings. The Labute approximate surface area is 75.1 Å². The molecule has 2 atom stereocenters. The van der Waals surface area contributed by atoms with E-state index in [-0.39, 0.29) is 17.9 Å². The summed E-state index contributed by atoms with van der Waals surface area (Å²) in [7, 11) is 0. The van der Waals surface area contributed by atoms with E-state index in [0.717, 1.165) is 0 Å². The molecule has 1 rings (SSSR count). The number of carbonyl (C=O) groups is 2. The zero-order valence-corrected chi connectivity index (χ0v) is 7.15. The van der Waals surface area contributed by atoms with Gasteiger partial charge in [0.2, 0.25) is 5.91 Å². The van der Waals surface area contributed by atoms with Crippen LogP contribution in [0.25, 0.3) is 0 Å². The van der Waals surface area contributed by atoms with Crippen molar-refractivity contribution in [2.75, 3.05) is 0 Å². The second-order valence-corrected chi connectivity index (χ2v) is 3.00. The molecule has 0 radical (unpaired) electrons. The van der Waals surface area contributed by atoms with E-state index < -0.39 is 18.1 Å². The maximum absolute atomic E-state index is 10.6. The first-order valence-electron chi connectivity index (χ1n) is 3.90. The second kappa shape index (κ2) is 3.57. The van der Waals surface area contributed by atoms with Crippen LogP contribution in [0, 0.1) is 0 Å². The molecule has 0 spiro atoms. The number of carboxylic acids is 1. The van der Waals surface area contributed by atoms with E-state index in [1.165, 1.54) is 13.0 Å². The number of aliphatic carboxylic acids is 1. The van der Waals surface area contributed by atoms with Gasteiger partial charge in [-0.25, -0.2) is 4.79 Å². The van der Waals surface area contributed by atoms with Crippen molar-refractivity contribution in [3.63, 3.8) is 0 Å². The van der Waals surface area contributed by atoms with E-state index in [1.807, 2.05) is 0 Å². The van der Waals surface area contributed by atoms with Crippen LogP contribution < -0.4 is 5.32 Å². The van der Waals surface area contributed by atoms with Gasteiger partial charge in [-0.05, 0) is 6.08 Å². The van der Waals surface area contributed by atoms with Crippen molar-refractivity contribution in [3.05, 3.63) is 11.6 Å². The van der Waals surface area contributed by atoms with Gasteiger partial charge in [0.25, 0.3) is 0 Å². The molecule has 0 fully saturated rings. The van der Waals surface area contributed by atoms with Gasteiger partial charge in [0.15, 0.2) is 0 Å². The highest BCUT2D eigenvalue weighted by atomic mass is 16.4. The monoisotopic (exact) mass is 185 g/mol. The summed E-state index contributed by atoms with van der Waals surface area (Å²) < 4.78 is 0. The molecule has 0 unspecified atom stereocenters. The Morgan fingerprint density at radius 1 is 1.62 bits per heavy atom. The fourth-order valence-corrected chi connectivity index (χ4v) is 1.30. The smallest absolute Gasteiger partial charge is 0.331 e. The van der Waals surface area contributed by atoms with Gasteiger partial charge in [-0.1, -0.05) is 0 Å². The lowest BCUT2D eigenvalue weighted by atomic mass is 10.1. The van der Waals surface area contributed by atoms with Gasteiger partial charge in [0, 0.05) is 18.9 Å². The summed E-state index contributed by atoms with van der Waals surface area (Å²) >= 11 is 0. The number of hydrogen-bond donors (Lipinski definition) is 3. The molecule has 3 N–H and O–H groups in total. The molecule has 72 valence electrons. The molecule has 5 nitrogen and oxygen atoms in total. The summed E-state index contributed by atoms with van der Waals surface area (Å²) in [5, 5.41) is 20.4. The minimum atomic E-state index is -1.05. The highest BCUT2D eigenvalue weighted by Gasteiger charge is 2.29. The summed E-state index contributed by atoms with van der Waals surface area (Å²) in [4.78, 5) is 21.1. The summed E-state index contributed by atoms with van der Waals surface area (Å²) in [5.41, 5.74) is 0.145. The summed E-state index contributed by atoms with van der Waals surface area (Å²) in [6.07, 6.45) is 0.536. The molecule has 0 saturated heterocycles. The first-order valence-corrected chi connectivity index (χ1v) is 3.90. The highest BCUT2D eigenvalue weighted by molar-refractivity contribution is 5.87. The van der Waals surface area contributed by atoms with Crippen molar-refractivity contribution in [1.82, 2.24) is 5.32 Å². The van der Waals surface area contributed by atoms with Gasteiger partial charge in [0.05, 0.1) is 12.1 Å². The van der Waals surface area contributed by atoms with Crippen LogP contribution in [0.3, 0.4) is 0 Å². The van der Waals surface area contributed by atoms with E-state index in [0.29, 0.717) is 0 Å². The number of amides is 1. The maximum atomic E-state index is 10.6. The lowest BCUT2D eigenvalue weighted by molar-refractivity contribution is -0.133. The SMILES string of the molecule is CC(=O)N[C@@H]1CC(C(=O)O)=C[C@@H]1O. The third kappa shape index (κ3) is 2.29. The normalized spacial score (nSPS) is 26.8. The van der Waals surface area contributed by atoms with Gasteiger partial charge >= 0.3 is 5.97 Å². The molecule has 0 aliphatic heterocycles. The lowest BCUT2D eigenvalue weighted by Crippen LogP contribution is -2.39. The van der Waals surface area contributed by atoms with Gasteiger partial charge in [-0.2, -0.15) is 0 Å². The number of hydrogen-bond acceptors (Lipinski definition) is 3. The van der Waals surface area contributed by atoms with Crippen LogP contribution in [-0.4, -0.2) is 34.2 Å². The summed E-state index contributed by atoms with van der Waals surface area (Å²) in [6, 6.07) is -0.497. The molecule has 0 bridgehead atoms. The zero-order chi connectivity index (χ0) is 10.0.